The van der Waals surface area contributed by atoms with E-state index < -0.39 is 0 Å². The van der Waals surface area contributed by atoms with Crippen molar-refractivity contribution in [3.05, 3.63) is 22.4 Å². The standard InChI is InChI=1S/C12H20BrNS/c1-3-4-11(7-13)8-14(2)9-12-5-6-15-10-12/h5-6,10-11H,3-4,7-9H2,1-2H3. The molecule has 0 radical (unpaired) electrons. The second-order valence-electron chi connectivity index (χ2n) is 4.14. The highest BCUT2D eigenvalue weighted by Crippen LogP contribution is 2.14. The Hall–Kier alpha value is 0.140. The summed E-state index contributed by atoms with van der Waals surface area (Å²) in [5, 5.41) is 5.51. The maximum absolute atomic E-state index is 3.60. The van der Waals surface area contributed by atoms with Gasteiger partial charge in [-0.2, -0.15) is 11.3 Å². The zero-order valence-electron chi connectivity index (χ0n) is 9.58. The van der Waals surface area contributed by atoms with Crippen LogP contribution in [-0.4, -0.2) is 23.8 Å². The molecule has 86 valence electrons. The quantitative estimate of drug-likeness (QED) is 0.686. The number of thiophene rings is 1. The summed E-state index contributed by atoms with van der Waals surface area (Å²) in [7, 11) is 2.21. The van der Waals surface area contributed by atoms with Crippen molar-refractivity contribution in [3.8, 4) is 0 Å². The van der Waals surface area contributed by atoms with Crippen molar-refractivity contribution in [3.63, 3.8) is 0 Å². The van der Waals surface area contributed by atoms with Crippen molar-refractivity contribution in [1.82, 2.24) is 4.90 Å². The van der Waals surface area contributed by atoms with Crippen LogP contribution >= 0.6 is 27.3 Å². The fourth-order valence-corrected chi connectivity index (χ4v) is 3.01. The van der Waals surface area contributed by atoms with Crippen LogP contribution in [0.15, 0.2) is 16.8 Å². The van der Waals surface area contributed by atoms with E-state index in [4.69, 9.17) is 0 Å². The smallest absolute Gasteiger partial charge is 0.0239 e. The lowest BCUT2D eigenvalue weighted by molar-refractivity contribution is 0.274. The summed E-state index contributed by atoms with van der Waals surface area (Å²) in [6, 6.07) is 2.21. The Kier molecular flexibility index (Phi) is 6.53. The molecule has 1 rings (SSSR count). The molecule has 1 atom stereocenters. The minimum atomic E-state index is 0.790. The number of rotatable bonds is 7. The number of hydrogen-bond donors (Lipinski definition) is 0. The fraction of sp³-hybridized carbons (Fsp3) is 0.667. The molecule has 0 spiro atoms. The lowest BCUT2D eigenvalue weighted by atomic mass is 10.1. The van der Waals surface area contributed by atoms with Crippen molar-refractivity contribution in [2.24, 2.45) is 5.92 Å². The van der Waals surface area contributed by atoms with E-state index in [-0.39, 0.29) is 0 Å². The van der Waals surface area contributed by atoms with Crippen molar-refractivity contribution in [2.45, 2.75) is 26.3 Å². The highest BCUT2D eigenvalue weighted by atomic mass is 79.9. The van der Waals surface area contributed by atoms with Gasteiger partial charge in [-0.25, -0.2) is 0 Å². The van der Waals surface area contributed by atoms with Crippen molar-refractivity contribution >= 4 is 27.3 Å². The van der Waals surface area contributed by atoms with Gasteiger partial charge in [-0.1, -0.05) is 29.3 Å². The molecule has 0 N–H and O–H groups in total. The molecular weight excluding hydrogens is 270 g/mol. The summed E-state index contributed by atoms with van der Waals surface area (Å²) in [6.07, 6.45) is 2.60. The molecule has 0 bridgehead atoms. The van der Waals surface area contributed by atoms with E-state index >= 15 is 0 Å². The first kappa shape index (κ1) is 13.2. The predicted octanol–water partition coefficient (Wildman–Crippen LogP) is 3.99. The molecule has 0 fully saturated rings. The normalized spacial score (nSPS) is 13.3. The van der Waals surface area contributed by atoms with E-state index in [0.717, 1.165) is 17.8 Å². The molecule has 0 aliphatic heterocycles. The van der Waals surface area contributed by atoms with Gasteiger partial charge < -0.3 is 4.90 Å². The summed E-state index contributed by atoms with van der Waals surface area (Å²) in [6.45, 7) is 4.53. The van der Waals surface area contributed by atoms with Crippen LogP contribution in [0, 0.1) is 5.92 Å². The lowest BCUT2D eigenvalue weighted by Gasteiger charge is -2.21. The minimum absolute atomic E-state index is 0.790. The summed E-state index contributed by atoms with van der Waals surface area (Å²) < 4.78 is 0. The van der Waals surface area contributed by atoms with E-state index in [1.54, 1.807) is 11.3 Å². The van der Waals surface area contributed by atoms with Gasteiger partial charge in [0.2, 0.25) is 0 Å². The third-order valence-electron chi connectivity index (χ3n) is 2.52. The first-order chi connectivity index (χ1) is 7.26. The fourth-order valence-electron chi connectivity index (χ4n) is 1.83. The van der Waals surface area contributed by atoms with E-state index in [1.807, 2.05) is 0 Å². The van der Waals surface area contributed by atoms with Crippen molar-refractivity contribution in [1.29, 1.82) is 0 Å². The van der Waals surface area contributed by atoms with Crippen LogP contribution < -0.4 is 0 Å². The first-order valence-corrected chi connectivity index (χ1v) is 7.58. The van der Waals surface area contributed by atoms with Crippen LogP contribution in [0.2, 0.25) is 0 Å². The predicted molar refractivity (Wildman–Crippen MR) is 72.8 cm³/mol. The molecule has 3 heteroatoms. The monoisotopic (exact) mass is 289 g/mol. The van der Waals surface area contributed by atoms with Gasteiger partial charge in [0.15, 0.2) is 0 Å². The Bertz CT molecular complexity index is 248. The summed E-state index contributed by atoms with van der Waals surface area (Å²) in [5.74, 6) is 0.790. The maximum Gasteiger partial charge on any atom is 0.0239 e. The van der Waals surface area contributed by atoms with Crippen LogP contribution in [0.25, 0.3) is 0 Å². The van der Waals surface area contributed by atoms with Crippen molar-refractivity contribution in [2.75, 3.05) is 18.9 Å². The molecule has 0 saturated heterocycles. The molecule has 0 aliphatic rings. The van der Waals surface area contributed by atoms with Gasteiger partial charge in [-0.3, -0.25) is 0 Å². The van der Waals surface area contributed by atoms with Gasteiger partial charge in [0.05, 0.1) is 0 Å². The molecule has 0 aliphatic carbocycles. The van der Waals surface area contributed by atoms with Gasteiger partial charge >= 0.3 is 0 Å². The second kappa shape index (κ2) is 7.42. The van der Waals surface area contributed by atoms with Crippen molar-refractivity contribution < 1.29 is 0 Å². The minimum Gasteiger partial charge on any atom is -0.302 e. The third kappa shape index (κ3) is 5.14. The molecule has 0 amide bonds. The molecule has 0 saturated carbocycles. The van der Waals surface area contributed by atoms with Gasteiger partial charge in [0.25, 0.3) is 0 Å². The topological polar surface area (TPSA) is 3.24 Å². The molecule has 1 unspecified atom stereocenters. The number of nitrogens with zero attached hydrogens (tertiary/aromatic N) is 1. The van der Waals surface area contributed by atoms with Gasteiger partial charge in [0, 0.05) is 18.4 Å². The Morgan fingerprint density at radius 1 is 1.53 bits per heavy atom. The second-order valence-corrected chi connectivity index (χ2v) is 5.56. The summed E-state index contributed by atoms with van der Waals surface area (Å²) >= 11 is 5.38. The molecule has 1 aromatic heterocycles. The molecule has 1 aromatic rings. The van der Waals surface area contributed by atoms with E-state index in [1.165, 1.54) is 24.9 Å². The van der Waals surface area contributed by atoms with Crippen LogP contribution in [0.1, 0.15) is 25.3 Å². The Morgan fingerprint density at radius 3 is 2.87 bits per heavy atom. The summed E-state index contributed by atoms with van der Waals surface area (Å²) in [5.41, 5.74) is 1.44. The van der Waals surface area contributed by atoms with E-state index in [0.29, 0.717) is 0 Å². The maximum atomic E-state index is 3.60. The highest BCUT2D eigenvalue weighted by molar-refractivity contribution is 9.09. The zero-order valence-corrected chi connectivity index (χ0v) is 12.0. The number of alkyl halides is 1. The van der Waals surface area contributed by atoms with Crippen LogP contribution in [0.5, 0.6) is 0 Å². The van der Waals surface area contributed by atoms with Gasteiger partial charge in [-0.15, -0.1) is 0 Å². The Morgan fingerprint density at radius 2 is 2.33 bits per heavy atom. The van der Waals surface area contributed by atoms with Crippen LogP contribution in [0.3, 0.4) is 0 Å². The SMILES string of the molecule is CCCC(CBr)CN(C)Cc1ccsc1. The average molecular weight is 290 g/mol. The Labute approximate surface area is 106 Å². The molecule has 0 aromatic carbocycles. The molecular formula is C12H20BrNS. The number of halogens is 1. The van der Waals surface area contributed by atoms with E-state index in [9.17, 15) is 0 Å². The average Bonchev–Trinajstić information content (AvgIpc) is 2.69. The molecule has 1 heterocycles. The van der Waals surface area contributed by atoms with Crippen LogP contribution in [-0.2, 0) is 6.54 Å². The van der Waals surface area contributed by atoms with Gasteiger partial charge in [-0.05, 0) is 41.8 Å². The first-order valence-electron chi connectivity index (χ1n) is 5.51. The third-order valence-corrected chi connectivity index (χ3v) is 4.17. The summed E-state index contributed by atoms with van der Waals surface area (Å²) in [4.78, 5) is 2.42. The highest BCUT2D eigenvalue weighted by Gasteiger charge is 2.09. The molecule has 15 heavy (non-hydrogen) atoms. The lowest BCUT2D eigenvalue weighted by Crippen LogP contribution is -2.26. The van der Waals surface area contributed by atoms with Gasteiger partial charge in [0.1, 0.15) is 0 Å². The largest absolute Gasteiger partial charge is 0.302 e. The number of hydrogen-bond acceptors (Lipinski definition) is 2. The zero-order chi connectivity index (χ0) is 11.1. The van der Waals surface area contributed by atoms with E-state index in [2.05, 4.69) is 51.6 Å². The Balaban J connectivity index is 2.30. The molecule has 1 nitrogen and oxygen atoms in total. The van der Waals surface area contributed by atoms with Crippen LogP contribution in [0.4, 0.5) is 0 Å².